The van der Waals surface area contributed by atoms with Crippen LogP contribution in [0.15, 0.2) is 0 Å². The second-order valence-electron chi connectivity index (χ2n) is 3.67. The Morgan fingerprint density at radius 3 is 2.86 bits per heavy atom. The summed E-state index contributed by atoms with van der Waals surface area (Å²) < 4.78 is 30.8. The van der Waals surface area contributed by atoms with Gasteiger partial charge in [-0.25, -0.2) is 13.1 Å². The molecule has 0 aliphatic carbocycles. The third-order valence-corrected chi connectivity index (χ3v) is 3.74. The van der Waals surface area contributed by atoms with Crippen molar-refractivity contribution in [3.63, 3.8) is 0 Å². The van der Waals surface area contributed by atoms with E-state index in [4.69, 9.17) is 10.5 Å². The summed E-state index contributed by atoms with van der Waals surface area (Å²) in [4.78, 5) is 0. The van der Waals surface area contributed by atoms with Gasteiger partial charge in [0.05, 0.1) is 11.9 Å². The number of rotatable bonds is 5. The fourth-order valence-corrected chi connectivity index (χ4v) is 2.98. The molecular formula is C8H18N2O3S. The fourth-order valence-electron chi connectivity index (χ4n) is 1.42. The van der Waals surface area contributed by atoms with Gasteiger partial charge in [-0.3, -0.25) is 0 Å². The molecule has 1 aliphatic heterocycles. The molecular weight excluding hydrogens is 204 g/mol. The summed E-state index contributed by atoms with van der Waals surface area (Å²) in [5.74, 6) is 0.0529. The third kappa shape index (κ3) is 3.91. The first-order valence-corrected chi connectivity index (χ1v) is 6.50. The Morgan fingerprint density at radius 1 is 1.64 bits per heavy atom. The predicted octanol–water partition coefficient (Wildman–Crippen LogP) is -0.568. The summed E-state index contributed by atoms with van der Waals surface area (Å²) in [7, 11) is -3.23. The molecule has 1 fully saturated rings. The van der Waals surface area contributed by atoms with Crippen molar-refractivity contribution in [3.05, 3.63) is 0 Å². The van der Waals surface area contributed by atoms with E-state index in [1.54, 1.807) is 6.92 Å². The van der Waals surface area contributed by atoms with Gasteiger partial charge in [-0.2, -0.15) is 0 Å². The van der Waals surface area contributed by atoms with Crippen molar-refractivity contribution in [2.24, 2.45) is 5.73 Å². The average Bonchev–Trinajstić information content (AvgIpc) is 2.54. The third-order valence-electron chi connectivity index (χ3n) is 2.16. The molecule has 0 aromatic carbocycles. The van der Waals surface area contributed by atoms with E-state index in [0.29, 0.717) is 13.2 Å². The van der Waals surface area contributed by atoms with Crippen LogP contribution in [0.1, 0.15) is 19.8 Å². The molecule has 2 atom stereocenters. The molecule has 6 heteroatoms. The van der Waals surface area contributed by atoms with Crippen molar-refractivity contribution >= 4 is 10.0 Å². The highest BCUT2D eigenvalue weighted by atomic mass is 32.2. The maximum absolute atomic E-state index is 11.5. The van der Waals surface area contributed by atoms with Crippen LogP contribution in [0.4, 0.5) is 0 Å². The van der Waals surface area contributed by atoms with E-state index in [1.165, 1.54) is 0 Å². The molecule has 1 unspecified atom stereocenters. The van der Waals surface area contributed by atoms with Crippen LogP contribution in [-0.4, -0.2) is 39.5 Å². The molecule has 1 aliphatic rings. The molecule has 3 N–H and O–H groups in total. The second-order valence-corrected chi connectivity index (χ2v) is 5.47. The smallest absolute Gasteiger partial charge is 0.214 e. The van der Waals surface area contributed by atoms with Crippen LogP contribution in [0.5, 0.6) is 0 Å². The summed E-state index contributed by atoms with van der Waals surface area (Å²) in [5, 5.41) is 0. The van der Waals surface area contributed by atoms with E-state index in [2.05, 4.69) is 4.72 Å². The molecule has 0 saturated carbocycles. The van der Waals surface area contributed by atoms with Crippen LogP contribution >= 0.6 is 0 Å². The summed E-state index contributed by atoms with van der Waals surface area (Å²) in [6.45, 7) is 2.73. The minimum atomic E-state index is -3.23. The van der Waals surface area contributed by atoms with E-state index < -0.39 is 10.0 Å². The Balaban J connectivity index is 2.40. The first-order chi connectivity index (χ1) is 6.53. The lowest BCUT2D eigenvalue weighted by Crippen LogP contribution is -2.41. The van der Waals surface area contributed by atoms with Gasteiger partial charge in [0.25, 0.3) is 0 Å². The van der Waals surface area contributed by atoms with Crippen molar-refractivity contribution in [1.82, 2.24) is 4.72 Å². The zero-order chi connectivity index (χ0) is 10.6. The Kier molecular flexibility index (Phi) is 4.31. The van der Waals surface area contributed by atoms with Gasteiger partial charge < -0.3 is 10.5 Å². The van der Waals surface area contributed by atoms with Gasteiger partial charge in [0.15, 0.2) is 0 Å². The number of sulfonamides is 1. The minimum Gasteiger partial charge on any atom is -0.377 e. The van der Waals surface area contributed by atoms with E-state index >= 15 is 0 Å². The molecule has 0 aromatic heterocycles. The highest BCUT2D eigenvalue weighted by Crippen LogP contribution is 2.13. The first kappa shape index (κ1) is 11.9. The van der Waals surface area contributed by atoms with Gasteiger partial charge in [-0.1, -0.05) is 0 Å². The molecule has 0 bridgehead atoms. The quantitative estimate of drug-likeness (QED) is 0.653. The monoisotopic (exact) mass is 222 g/mol. The van der Waals surface area contributed by atoms with Crippen LogP contribution in [0, 0.1) is 0 Å². The molecule has 0 spiro atoms. The minimum absolute atomic E-state index is 0.0529. The molecule has 0 amide bonds. The lowest BCUT2D eigenvalue weighted by atomic mass is 10.3. The van der Waals surface area contributed by atoms with Crippen molar-refractivity contribution < 1.29 is 13.2 Å². The maximum atomic E-state index is 11.5. The number of nitrogens with one attached hydrogen (secondary N) is 1. The first-order valence-electron chi connectivity index (χ1n) is 4.85. The standard InChI is InChI=1S/C8H18N2O3S/c1-7(5-9)10-14(11,12)6-8-3-2-4-13-8/h7-8,10H,2-6,9H2,1H3/t7-,8?/m0/s1. The fraction of sp³-hybridized carbons (Fsp3) is 1.00. The van der Waals surface area contributed by atoms with Crippen molar-refractivity contribution in [3.8, 4) is 0 Å². The number of hydrogen-bond donors (Lipinski definition) is 2. The highest BCUT2D eigenvalue weighted by molar-refractivity contribution is 7.89. The maximum Gasteiger partial charge on any atom is 0.214 e. The van der Waals surface area contributed by atoms with E-state index in [1.807, 2.05) is 0 Å². The second kappa shape index (κ2) is 5.06. The number of ether oxygens (including phenoxy) is 1. The molecule has 0 aromatic rings. The average molecular weight is 222 g/mol. The van der Waals surface area contributed by atoms with Gasteiger partial charge in [-0.15, -0.1) is 0 Å². The topological polar surface area (TPSA) is 81.4 Å². The summed E-state index contributed by atoms with van der Waals surface area (Å²) in [6, 6.07) is -0.207. The Bertz CT molecular complexity index is 260. The molecule has 84 valence electrons. The summed E-state index contributed by atoms with van der Waals surface area (Å²) in [5.41, 5.74) is 5.33. The molecule has 1 heterocycles. The van der Waals surface area contributed by atoms with Crippen molar-refractivity contribution in [2.75, 3.05) is 18.9 Å². The van der Waals surface area contributed by atoms with Crippen LogP contribution in [0.25, 0.3) is 0 Å². The Hall–Kier alpha value is -0.170. The highest BCUT2D eigenvalue weighted by Gasteiger charge is 2.23. The van der Waals surface area contributed by atoms with Gasteiger partial charge in [0.1, 0.15) is 0 Å². The number of hydrogen-bond acceptors (Lipinski definition) is 4. The largest absolute Gasteiger partial charge is 0.377 e. The van der Waals surface area contributed by atoms with Crippen molar-refractivity contribution in [2.45, 2.75) is 31.9 Å². The molecule has 0 radical (unpaired) electrons. The van der Waals surface area contributed by atoms with E-state index in [0.717, 1.165) is 12.8 Å². The number of nitrogens with two attached hydrogens (primary N) is 1. The van der Waals surface area contributed by atoms with Gasteiger partial charge in [0, 0.05) is 19.2 Å². The lowest BCUT2D eigenvalue weighted by molar-refractivity contribution is 0.127. The zero-order valence-corrected chi connectivity index (χ0v) is 9.22. The SMILES string of the molecule is C[C@@H](CN)NS(=O)(=O)CC1CCCO1. The zero-order valence-electron chi connectivity index (χ0n) is 8.40. The Labute approximate surface area is 85.1 Å². The predicted molar refractivity (Wildman–Crippen MR) is 54.4 cm³/mol. The molecule has 1 rings (SSSR count). The van der Waals surface area contributed by atoms with Crippen LogP contribution in [0.3, 0.4) is 0 Å². The molecule has 1 saturated heterocycles. The van der Waals surface area contributed by atoms with Crippen LogP contribution in [0.2, 0.25) is 0 Å². The summed E-state index contributed by atoms with van der Waals surface area (Å²) >= 11 is 0. The summed E-state index contributed by atoms with van der Waals surface area (Å²) in [6.07, 6.45) is 1.64. The van der Waals surface area contributed by atoms with E-state index in [-0.39, 0.29) is 17.9 Å². The van der Waals surface area contributed by atoms with Crippen LogP contribution < -0.4 is 10.5 Å². The normalized spacial score (nSPS) is 25.1. The molecule has 5 nitrogen and oxygen atoms in total. The lowest BCUT2D eigenvalue weighted by Gasteiger charge is -2.14. The van der Waals surface area contributed by atoms with Crippen LogP contribution in [-0.2, 0) is 14.8 Å². The van der Waals surface area contributed by atoms with Gasteiger partial charge in [-0.05, 0) is 19.8 Å². The van der Waals surface area contributed by atoms with Gasteiger partial charge in [0.2, 0.25) is 10.0 Å². The van der Waals surface area contributed by atoms with Crippen molar-refractivity contribution in [1.29, 1.82) is 0 Å². The van der Waals surface area contributed by atoms with E-state index in [9.17, 15) is 8.42 Å². The Morgan fingerprint density at radius 2 is 2.36 bits per heavy atom. The van der Waals surface area contributed by atoms with Gasteiger partial charge >= 0.3 is 0 Å². The molecule has 14 heavy (non-hydrogen) atoms.